The molecule has 0 fully saturated rings. The first kappa shape index (κ1) is 20.1. The summed E-state index contributed by atoms with van der Waals surface area (Å²) in [6, 6.07) is 11.2. The average molecular weight is 401 g/mol. The van der Waals surface area contributed by atoms with E-state index in [4.69, 9.17) is 9.47 Å². The molecule has 0 aliphatic carbocycles. The number of nitrogens with one attached hydrogen (secondary N) is 1. The van der Waals surface area contributed by atoms with E-state index in [-0.39, 0.29) is 11.8 Å². The van der Waals surface area contributed by atoms with Gasteiger partial charge in [-0.1, -0.05) is 6.07 Å². The second-order valence-electron chi connectivity index (χ2n) is 6.30. The highest BCUT2D eigenvalue weighted by molar-refractivity contribution is 8.00. The zero-order valence-electron chi connectivity index (χ0n) is 16.3. The average Bonchev–Trinajstić information content (AvgIpc) is 2.73. The second-order valence-corrected chi connectivity index (χ2v) is 7.32. The normalized spacial score (nSPS) is 13.1. The summed E-state index contributed by atoms with van der Waals surface area (Å²) < 4.78 is 10.5. The molecule has 0 bridgehead atoms. The first-order valence-electron chi connectivity index (χ1n) is 9.13. The standard InChI is InChI=1S/C21H24N2O4S/c1-4-23-16-12-15(6-8-19(16)28-13-20(23)24)21(25)22-10-9-14-5-7-17(26-2)18(11-14)27-3/h5-8,11-12H,4,9-10,13H2,1-3H3,(H,22,25). The Hall–Kier alpha value is -2.67. The highest BCUT2D eigenvalue weighted by Gasteiger charge is 2.24. The van der Waals surface area contributed by atoms with Crippen LogP contribution in [0.3, 0.4) is 0 Å². The van der Waals surface area contributed by atoms with Crippen LogP contribution in [0.4, 0.5) is 5.69 Å². The van der Waals surface area contributed by atoms with Crippen molar-refractivity contribution < 1.29 is 19.1 Å². The lowest BCUT2D eigenvalue weighted by molar-refractivity contribution is -0.116. The number of fused-ring (bicyclic) bond motifs is 1. The number of ether oxygens (including phenoxy) is 2. The summed E-state index contributed by atoms with van der Waals surface area (Å²) in [4.78, 5) is 27.4. The Bertz CT molecular complexity index is 885. The molecule has 0 spiro atoms. The molecule has 1 aliphatic rings. The van der Waals surface area contributed by atoms with Crippen molar-refractivity contribution >= 4 is 29.3 Å². The van der Waals surface area contributed by atoms with Crippen molar-refractivity contribution in [3.05, 3.63) is 47.5 Å². The van der Waals surface area contributed by atoms with Crippen LogP contribution in [0.25, 0.3) is 0 Å². The van der Waals surface area contributed by atoms with Crippen LogP contribution < -0.4 is 19.7 Å². The molecular formula is C21H24N2O4S. The minimum absolute atomic E-state index is 0.0750. The molecule has 1 aliphatic heterocycles. The molecule has 2 aromatic rings. The number of carbonyl (C=O) groups excluding carboxylic acids is 2. The van der Waals surface area contributed by atoms with Gasteiger partial charge in [0.2, 0.25) is 5.91 Å². The van der Waals surface area contributed by atoms with Crippen molar-refractivity contribution in [2.24, 2.45) is 0 Å². The van der Waals surface area contributed by atoms with E-state index in [0.717, 1.165) is 16.1 Å². The lowest BCUT2D eigenvalue weighted by atomic mass is 10.1. The minimum Gasteiger partial charge on any atom is -0.493 e. The van der Waals surface area contributed by atoms with Gasteiger partial charge >= 0.3 is 0 Å². The van der Waals surface area contributed by atoms with Crippen molar-refractivity contribution in [3.8, 4) is 11.5 Å². The number of hydrogen-bond acceptors (Lipinski definition) is 5. The van der Waals surface area contributed by atoms with Crippen molar-refractivity contribution in [2.45, 2.75) is 18.2 Å². The maximum atomic E-state index is 12.6. The quantitative estimate of drug-likeness (QED) is 0.773. The van der Waals surface area contributed by atoms with E-state index in [1.165, 1.54) is 11.8 Å². The van der Waals surface area contributed by atoms with Gasteiger partial charge in [0.15, 0.2) is 11.5 Å². The number of anilines is 1. The lowest BCUT2D eigenvalue weighted by Gasteiger charge is -2.28. The van der Waals surface area contributed by atoms with Gasteiger partial charge < -0.3 is 19.7 Å². The van der Waals surface area contributed by atoms with Crippen LogP contribution in [-0.2, 0) is 11.2 Å². The highest BCUT2D eigenvalue weighted by Crippen LogP contribution is 2.35. The van der Waals surface area contributed by atoms with Crippen molar-refractivity contribution in [1.29, 1.82) is 0 Å². The molecule has 2 amide bonds. The van der Waals surface area contributed by atoms with Gasteiger partial charge in [0.05, 0.1) is 25.7 Å². The van der Waals surface area contributed by atoms with Gasteiger partial charge in [0, 0.05) is 23.5 Å². The number of hydrogen-bond donors (Lipinski definition) is 1. The van der Waals surface area contributed by atoms with Gasteiger partial charge in [-0.3, -0.25) is 9.59 Å². The summed E-state index contributed by atoms with van der Waals surface area (Å²) in [5.41, 5.74) is 2.42. The van der Waals surface area contributed by atoms with E-state index in [1.54, 1.807) is 31.3 Å². The first-order chi connectivity index (χ1) is 13.6. The SMILES string of the molecule is CCN1C(=O)CSc2ccc(C(=O)NCCc3ccc(OC)c(OC)c3)cc21. The molecule has 2 aromatic carbocycles. The van der Waals surface area contributed by atoms with Crippen LogP contribution in [0.5, 0.6) is 11.5 Å². The Morgan fingerprint density at radius 2 is 1.93 bits per heavy atom. The van der Waals surface area contributed by atoms with Gasteiger partial charge in [-0.05, 0) is 49.2 Å². The predicted molar refractivity (Wildman–Crippen MR) is 111 cm³/mol. The summed E-state index contributed by atoms with van der Waals surface area (Å²) in [5.74, 6) is 1.71. The molecule has 0 saturated carbocycles. The lowest BCUT2D eigenvalue weighted by Crippen LogP contribution is -2.35. The van der Waals surface area contributed by atoms with E-state index in [1.807, 2.05) is 31.2 Å². The maximum absolute atomic E-state index is 12.6. The fourth-order valence-corrected chi connectivity index (χ4v) is 4.06. The Balaban J connectivity index is 1.64. The second kappa shape index (κ2) is 9.01. The van der Waals surface area contributed by atoms with Gasteiger partial charge in [-0.2, -0.15) is 0 Å². The Kier molecular flexibility index (Phi) is 6.46. The van der Waals surface area contributed by atoms with Crippen LogP contribution in [-0.4, -0.2) is 44.9 Å². The number of methoxy groups -OCH3 is 2. The summed E-state index contributed by atoms with van der Waals surface area (Å²) in [7, 11) is 3.20. The minimum atomic E-state index is -0.151. The summed E-state index contributed by atoms with van der Waals surface area (Å²) in [6.07, 6.45) is 0.673. The van der Waals surface area contributed by atoms with Crippen molar-refractivity contribution in [1.82, 2.24) is 5.32 Å². The molecule has 3 rings (SSSR count). The third kappa shape index (κ3) is 4.25. The molecular weight excluding hydrogens is 376 g/mol. The van der Waals surface area contributed by atoms with Gasteiger partial charge in [0.1, 0.15) is 0 Å². The van der Waals surface area contributed by atoms with E-state index >= 15 is 0 Å². The molecule has 0 atom stereocenters. The fraction of sp³-hybridized carbons (Fsp3) is 0.333. The molecule has 6 nitrogen and oxygen atoms in total. The third-order valence-corrected chi connectivity index (χ3v) is 5.68. The fourth-order valence-electron chi connectivity index (χ4n) is 3.15. The van der Waals surface area contributed by atoms with Crippen LogP contribution in [0.2, 0.25) is 0 Å². The van der Waals surface area contributed by atoms with E-state index in [9.17, 15) is 9.59 Å². The molecule has 1 N–H and O–H groups in total. The molecule has 0 saturated heterocycles. The van der Waals surface area contributed by atoms with Crippen LogP contribution >= 0.6 is 11.8 Å². The summed E-state index contributed by atoms with van der Waals surface area (Å²) in [5, 5.41) is 2.94. The zero-order chi connectivity index (χ0) is 20.1. The van der Waals surface area contributed by atoms with E-state index in [2.05, 4.69) is 5.32 Å². The third-order valence-electron chi connectivity index (χ3n) is 4.63. The Labute approximate surface area is 169 Å². The number of rotatable bonds is 7. The topological polar surface area (TPSA) is 67.9 Å². The number of carbonyl (C=O) groups is 2. The van der Waals surface area contributed by atoms with Gasteiger partial charge in [-0.25, -0.2) is 0 Å². The van der Waals surface area contributed by atoms with Crippen LogP contribution in [0.15, 0.2) is 41.3 Å². The number of nitrogens with zero attached hydrogens (tertiary/aromatic N) is 1. The molecule has 0 unspecified atom stereocenters. The molecule has 0 aromatic heterocycles. The Morgan fingerprint density at radius 1 is 1.14 bits per heavy atom. The molecule has 1 heterocycles. The maximum Gasteiger partial charge on any atom is 0.251 e. The largest absolute Gasteiger partial charge is 0.493 e. The molecule has 0 radical (unpaired) electrons. The first-order valence-corrected chi connectivity index (χ1v) is 10.1. The van der Waals surface area contributed by atoms with Crippen LogP contribution in [0, 0.1) is 0 Å². The van der Waals surface area contributed by atoms with E-state index < -0.39 is 0 Å². The summed E-state index contributed by atoms with van der Waals surface area (Å²) >= 11 is 1.51. The zero-order valence-corrected chi connectivity index (χ0v) is 17.1. The molecule has 28 heavy (non-hydrogen) atoms. The summed E-state index contributed by atoms with van der Waals surface area (Å²) in [6.45, 7) is 3.03. The number of thioether (sulfide) groups is 1. The van der Waals surface area contributed by atoms with Crippen LogP contribution in [0.1, 0.15) is 22.8 Å². The van der Waals surface area contributed by atoms with Gasteiger partial charge in [0.25, 0.3) is 5.91 Å². The van der Waals surface area contributed by atoms with Crippen molar-refractivity contribution in [2.75, 3.05) is 38.0 Å². The monoisotopic (exact) mass is 400 g/mol. The van der Waals surface area contributed by atoms with Crippen molar-refractivity contribution in [3.63, 3.8) is 0 Å². The van der Waals surface area contributed by atoms with E-state index in [0.29, 0.717) is 42.3 Å². The highest BCUT2D eigenvalue weighted by atomic mass is 32.2. The predicted octanol–water partition coefficient (Wildman–Crippen LogP) is 3.13. The molecule has 148 valence electrons. The number of amides is 2. The van der Waals surface area contributed by atoms with Gasteiger partial charge in [-0.15, -0.1) is 11.8 Å². The smallest absolute Gasteiger partial charge is 0.251 e. The Morgan fingerprint density at radius 3 is 2.64 bits per heavy atom. The molecule has 7 heteroatoms. The number of benzene rings is 2.